The van der Waals surface area contributed by atoms with Crippen LogP contribution in [0.15, 0.2) is 24.4 Å². The van der Waals surface area contributed by atoms with Gasteiger partial charge in [0.15, 0.2) is 6.04 Å². The van der Waals surface area contributed by atoms with Crippen LogP contribution in [0, 0.1) is 0 Å². The van der Waals surface area contributed by atoms with Crippen molar-refractivity contribution in [2.45, 2.75) is 32.2 Å². The van der Waals surface area contributed by atoms with Crippen LogP contribution < -0.4 is 10.1 Å². The molecule has 0 radical (unpaired) electrons. The molecule has 7 heteroatoms. The van der Waals surface area contributed by atoms with Gasteiger partial charge in [0.25, 0.3) is 5.91 Å². The molecule has 2 aromatic rings. The van der Waals surface area contributed by atoms with Gasteiger partial charge in [-0.15, -0.1) is 11.3 Å². The first-order valence-corrected chi connectivity index (χ1v) is 8.64. The molecule has 0 spiro atoms. The van der Waals surface area contributed by atoms with Gasteiger partial charge in [-0.1, -0.05) is 13.0 Å². The van der Waals surface area contributed by atoms with Crippen molar-refractivity contribution in [1.82, 2.24) is 10.3 Å². The zero-order chi connectivity index (χ0) is 17.1. The number of rotatable bonds is 6. The average Bonchev–Trinajstić information content (AvgIpc) is 3.20. The second-order valence-corrected chi connectivity index (χ2v) is 6.69. The molecule has 0 saturated carbocycles. The Kier molecular flexibility index (Phi) is 4.80. The highest BCUT2D eigenvalue weighted by Gasteiger charge is 2.25. The maximum atomic E-state index is 12.4. The van der Waals surface area contributed by atoms with E-state index in [0.29, 0.717) is 17.0 Å². The van der Waals surface area contributed by atoms with E-state index in [1.54, 1.807) is 18.2 Å². The highest BCUT2D eigenvalue weighted by Crippen LogP contribution is 2.28. The third-order valence-electron chi connectivity index (χ3n) is 3.81. The first-order valence-electron chi connectivity index (χ1n) is 7.82. The zero-order valence-electron chi connectivity index (χ0n) is 13.2. The van der Waals surface area contributed by atoms with Crippen LogP contribution in [0.3, 0.4) is 0 Å². The minimum atomic E-state index is -1.10. The predicted octanol–water partition coefficient (Wildman–Crippen LogP) is 2.59. The second kappa shape index (κ2) is 7.00. The summed E-state index contributed by atoms with van der Waals surface area (Å²) < 4.78 is 5.43. The number of carboxylic acid groups (broad SMARTS) is 1. The van der Waals surface area contributed by atoms with Crippen LogP contribution in [-0.2, 0) is 17.6 Å². The molecule has 1 amide bonds. The van der Waals surface area contributed by atoms with Gasteiger partial charge < -0.3 is 15.2 Å². The van der Waals surface area contributed by atoms with Crippen LogP contribution in [0.1, 0.15) is 45.2 Å². The summed E-state index contributed by atoms with van der Waals surface area (Å²) in [5, 5.41) is 13.0. The van der Waals surface area contributed by atoms with E-state index in [1.165, 1.54) is 17.5 Å². The Morgan fingerprint density at radius 2 is 2.29 bits per heavy atom. The molecular formula is C17H18N2O4S. The monoisotopic (exact) mass is 346 g/mol. The predicted molar refractivity (Wildman–Crippen MR) is 89.6 cm³/mol. The van der Waals surface area contributed by atoms with Gasteiger partial charge in [0, 0.05) is 6.42 Å². The van der Waals surface area contributed by atoms with Gasteiger partial charge in [0.2, 0.25) is 0 Å². The van der Waals surface area contributed by atoms with Gasteiger partial charge >= 0.3 is 5.97 Å². The lowest BCUT2D eigenvalue weighted by Gasteiger charge is -2.15. The molecular weight excluding hydrogens is 328 g/mol. The normalized spacial score (nSPS) is 13.9. The van der Waals surface area contributed by atoms with E-state index in [2.05, 4.69) is 10.3 Å². The summed E-state index contributed by atoms with van der Waals surface area (Å²) in [5.74, 6) is -0.736. The summed E-state index contributed by atoms with van der Waals surface area (Å²) in [6.45, 7) is 2.64. The number of hydrogen-bond acceptors (Lipinski definition) is 5. The van der Waals surface area contributed by atoms with Crippen LogP contribution in [-0.4, -0.2) is 28.6 Å². The minimum absolute atomic E-state index is 0.418. The Balaban J connectivity index is 1.78. The Morgan fingerprint density at radius 1 is 1.46 bits per heavy atom. The maximum Gasteiger partial charge on any atom is 0.330 e. The standard InChI is InChI=1S/C17H18N2O4S/c1-2-3-14-18-9-13(24-14)16(20)19-15(17(21)22)11-4-5-12-10(8-11)6-7-23-12/h4-5,8-9,15H,2-3,6-7H2,1H3,(H,19,20)(H,21,22). The van der Waals surface area contributed by atoms with E-state index < -0.39 is 17.9 Å². The number of carbonyl (C=O) groups excluding carboxylic acids is 1. The highest BCUT2D eigenvalue weighted by molar-refractivity contribution is 7.13. The number of aromatic nitrogens is 1. The van der Waals surface area contributed by atoms with Crippen LogP contribution >= 0.6 is 11.3 Å². The number of nitrogens with one attached hydrogen (secondary N) is 1. The number of nitrogens with zero attached hydrogens (tertiary/aromatic N) is 1. The van der Waals surface area contributed by atoms with E-state index >= 15 is 0 Å². The highest BCUT2D eigenvalue weighted by atomic mass is 32.1. The lowest BCUT2D eigenvalue weighted by molar-refractivity contribution is -0.139. The molecule has 1 atom stereocenters. The van der Waals surface area contributed by atoms with Crippen molar-refractivity contribution in [3.05, 3.63) is 45.4 Å². The van der Waals surface area contributed by atoms with Crippen molar-refractivity contribution < 1.29 is 19.4 Å². The van der Waals surface area contributed by atoms with Gasteiger partial charge in [-0.3, -0.25) is 4.79 Å². The Morgan fingerprint density at radius 3 is 3.04 bits per heavy atom. The fourth-order valence-electron chi connectivity index (χ4n) is 2.62. The van der Waals surface area contributed by atoms with Gasteiger partial charge in [-0.2, -0.15) is 0 Å². The molecule has 0 fully saturated rings. The SMILES string of the molecule is CCCc1ncc(C(=O)NC(C(=O)O)c2ccc3c(c2)CCO3)s1. The first kappa shape index (κ1) is 16.4. The average molecular weight is 346 g/mol. The molecule has 1 unspecified atom stereocenters. The van der Waals surface area contributed by atoms with Crippen molar-refractivity contribution in [3.8, 4) is 5.75 Å². The van der Waals surface area contributed by atoms with Crippen LogP contribution in [0.4, 0.5) is 0 Å². The summed E-state index contributed by atoms with van der Waals surface area (Å²) in [6.07, 6.45) is 4.01. The van der Waals surface area contributed by atoms with Crippen molar-refractivity contribution >= 4 is 23.2 Å². The summed E-state index contributed by atoms with van der Waals surface area (Å²) in [6, 6.07) is 4.13. The van der Waals surface area contributed by atoms with Crippen LogP contribution in [0.5, 0.6) is 5.75 Å². The molecule has 1 aromatic carbocycles. The molecule has 2 N–H and O–H groups in total. The summed E-state index contributed by atoms with van der Waals surface area (Å²) in [4.78, 5) is 28.6. The Hall–Kier alpha value is -2.41. The fraction of sp³-hybridized carbons (Fsp3) is 0.353. The molecule has 126 valence electrons. The molecule has 1 aliphatic rings. The lowest BCUT2D eigenvalue weighted by atomic mass is 10.0. The molecule has 0 bridgehead atoms. The van der Waals surface area contributed by atoms with Crippen LogP contribution in [0.25, 0.3) is 0 Å². The van der Waals surface area contributed by atoms with E-state index in [4.69, 9.17) is 4.74 Å². The Bertz CT molecular complexity index is 772. The number of aryl methyl sites for hydroxylation is 1. The quantitative estimate of drug-likeness (QED) is 0.839. The third-order valence-corrected chi connectivity index (χ3v) is 4.87. The number of fused-ring (bicyclic) bond motifs is 1. The molecule has 3 rings (SSSR count). The lowest BCUT2D eigenvalue weighted by Crippen LogP contribution is -2.33. The van der Waals surface area contributed by atoms with Crippen LogP contribution in [0.2, 0.25) is 0 Å². The smallest absolute Gasteiger partial charge is 0.330 e. The number of carboxylic acids is 1. The molecule has 6 nitrogen and oxygen atoms in total. The molecule has 0 aliphatic carbocycles. The van der Waals surface area contributed by atoms with Crippen molar-refractivity contribution in [2.24, 2.45) is 0 Å². The van der Waals surface area contributed by atoms with Gasteiger partial charge in [-0.05, 0) is 36.1 Å². The topological polar surface area (TPSA) is 88.5 Å². The van der Waals surface area contributed by atoms with Gasteiger partial charge in [-0.25, -0.2) is 9.78 Å². The van der Waals surface area contributed by atoms with Crippen molar-refractivity contribution in [3.63, 3.8) is 0 Å². The summed E-state index contributed by atoms with van der Waals surface area (Å²) in [7, 11) is 0. The molecule has 1 aliphatic heterocycles. The number of aliphatic carboxylic acids is 1. The Labute approximate surface area is 143 Å². The van der Waals surface area contributed by atoms with E-state index in [9.17, 15) is 14.7 Å². The third kappa shape index (κ3) is 3.41. The largest absolute Gasteiger partial charge is 0.493 e. The molecule has 0 saturated heterocycles. The van der Waals surface area contributed by atoms with E-state index in [1.807, 2.05) is 6.92 Å². The second-order valence-electron chi connectivity index (χ2n) is 5.58. The minimum Gasteiger partial charge on any atom is -0.493 e. The number of benzene rings is 1. The van der Waals surface area contributed by atoms with Gasteiger partial charge in [0.05, 0.1) is 17.8 Å². The molecule has 1 aromatic heterocycles. The van der Waals surface area contributed by atoms with Crippen molar-refractivity contribution in [1.29, 1.82) is 0 Å². The van der Waals surface area contributed by atoms with Gasteiger partial charge in [0.1, 0.15) is 10.6 Å². The molecule has 2 heterocycles. The number of amides is 1. The number of hydrogen-bond donors (Lipinski definition) is 2. The molecule has 24 heavy (non-hydrogen) atoms. The number of ether oxygens (including phenoxy) is 1. The zero-order valence-corrected chi connectivity index (χ0v) is 14.1. The maximum absolute atomic E-state index is 12.4. The van der Waals surface area contributed by atoms with Crippen molar-refractivity contribution in [2.75, 3.05) is 6.61 Å². The summed E-state index contributed by atoms with van der Waals surface area (Å²) in [5.41, 5.74) is 1.51. The number of thiazole rings is 1. The van der Waals surface area contributed by atoms with E-state index in [-0.39, 0.29) is 0 Å². The fourth-order valence-corrected chi connectivity index (χ4v) is 3.54. The first-order chi connectivity index (χ1) is 11.6. The summed E-state index contributed by atoms with van der Waals surface area (Å²) >= 11 is 1.30. The van der Waals surface area contributed by atoms with E-state index in [0.717, 1.165) is 35.6 Å². The number of carbonyl (C=O) groups is 2.